The molecule has 0 saturated carbocycles. The van der Waals surface area contributed by atoms with Crippen LogP contribution in [0.25, 0.3) is 0 Å². The number of pyridine rings is 1. The minimum atomic E-state index is 0.142. The van der Waals surface area contributed by atoms with Crippen molar-refractivity contribution < 1.29 is 0 Å². The highest BCUT2D eigenvalue weighted by Crippen LogP contribution is 2.46. The fraction of sp³-hybridized carbons (Fsp3) is 0.625. The molecule has 0 aromatic carbocycles. The van der Waals surface area contributed by atoms with E-state index in [9.17, 15) is 0 Å². The first-order chi connectivity index (χ1) is 9.38. The lowest BCUT2D eigenvalue weighted by Crippen LogP contribution is -2.72. The zero-order valence-corrected chi connectivity index (χ0v) is 13.3. The van der Waals surface area contributed by atoms with Crippen LogP contribution in [0.3, 0.4) is 0 Å². The number of rotatable bonds is 3. The number of nitrogens with zero attached hydrogens (tertiary/aromatic N) is 3. The Morgan fingerprint density at radius 2 is 2.15 bits per heavy atom. The van der Waals surface area contributed by atoms with Crippen LogP contribution < -0.4 is 5.32 Å². The van der Waals surface area contributed by atoms with E-state index in [-0.39, 0.29) is 5.54 Å². The van der Waals surface area contributed by atoms with Crippen molar-refractivity contribution >= 4 is 5.96 Å². The normalized spacial score (nSPS) is 20.4. The molecule has 1 aliphatic heterocycles. The number of aliphatic imine (C=N–C) groups is 1. The van der Waals surface area contributed by atoms with Gasteiger partial charge in [-0.3, -0.25) is 9.98 Å². The average molecular weight is 274 g/mol. The summed E-state index contributed by atoms with van der Waals surface area (Å²) in [6.45, 7) is 11.1. The largest absolute Gasteiger partial charge is 0.356 e. The molecule has 4 heteroatoms. The molecular formula is C16H26N4. The topological polar surface area (TPSA) is 40.5 Å². The fourth-order valence-electron chi connectivity index (χ4n) is 2.56. The van der Waals surface area contributed by atoms with E-state index in [1.165, 1.54) is 5.56 Å². The van der Waals surface area contributed by atoms with Crippen LogP contribution in [0.2, 0.25) is 0 Å². The quantitative estimate of drug-likeness (QED) is 0.679. The maximum Gasteiger partial charge on any atom is 0.194 e. The van der Waals surface area contributed by atoms with Crippen molar-refractivity contribution in [3.8, 4) is 0 Å². The van der Waals surface area contributed by atoms with Gasteiger partial charge in [0.05, 0.1) is 0 Å². The van der Waals surface area contributed by atoms with Gasteiger partial charge in [-0.1, -0.05) is 19.9 Å². The van der Waals surface area contributed by atoms with Crippen LogP contribution in [0.5, 0.6) is 0 Å². The molecule has 20 heavy (non-hydrogen) atoms. The molecule has 0 aliphatic carbocycles. The Bertz CT molecular complexity index is 477. The van der Waals surface area contributed by atoms with Gasteiger partial charge in [-0.05, 0) is 31.9 Å². The van der Waals surface area contributed by atoms with Crippen LogP contribution in [0, 0.1) is 5.41 Å². The second-order valence-corrected chi connectivity index (χ2v) is 6.61. The van der Waals surface area contributed by atoms with Gasteiger partial charge in [-0.2, -0.15) is 0 Å². The second kappa shape index (κ2) is 5.43. The average Bonchev–Trinajstić information content (AvgIpc) is 2.43. The molecule has 2 rings (SSSR count). The van der Waals surface area contributed by atoms with Gasteiger partial charge in [-0.15, -0.1) is 0 Å². The summed E-state index contributed by atoms with van der Waals surface area (Å²) in [7, 11) is 1.85. The molecule has 0 bridgehead atoms. The van der Waals surface area contributed by atoms with E-state index >= 15 is 0 Å². The first-order valence-corrected chi connectivity index (χ1v) is 7.26. The van der Waals surface area contributed by atoms with Crippen molar-refractivity contribution in [2.75, 3.05) is 20.1 Å². The van der Waals surface area contributed by atoms with E-state index in [0.29, 0.717) is 5.41 Å². The Hall–Kier alpha value is -1.58. The van der Waals surface area contributed by atoms with Crippen LogP contribution in [0.1, 0.15) is 33.3 Å². The molecule has 1 saturated heterocycles. The van der Waals surface area contributed by atoms with Crippen molar-refractivity contribution in [1.82, 2.24) is 15.2 Å². The number of hydrogen-bond donors (Lipinski definition) is 1. The molecule has 2 heterocycles. The molecular weight excluding hydrogens is 248 g/mol. The summed E-state index contributed by atoms with van der Waals surface area (Å²) in [4.78, 5) is 10.9. The van der Waals surface area contributed by atoms with Gasteiger partial charge in [0, 0.05) is 43.5 Å². The zero-order valence-electron chi connectivity index (χ0n) is 13.3. The molecule has 0 atom stereocenters. The molecule has 1 aromatic rings. The molecule has 1 fully saturated rings. The Kier molecular flexibility index (Phi) is 4.02. The number of guanidine groups is 1. The monoisotopic (exact) mass is 274 g/mol. The van der Waals surface area contributed by atoms with Crippen molar-refractivity contribution in [2.24, 2.45) is 10.4 Å². The number of hydrogen-bond acceptors (Lipinski definition) is 2. The fourth-order valence-corrected chi connectivity index (χ4v) is 2.56. The summed E-state index contributed by atoms with van der Waals surface area (Å²) in [6.07, 6.45) is 4.69. The summed E-state index contributed by atoms with van der Waals surface area (Å²) < 4.78 is 0. The summed E-state index contributed by atoms with van der Waals surface area (Å²) in [5.74, 6) is 0.998. The lowest BCUT2D eigenvalue weighted by atomic mass is 9.65. The van der Waals surface area contributed by atoms with Crippen molar-refractivity contribution in [3.05, 3.63) is 30.1 Å². The zero-order chi connectivity index (χ0) is 14.8. The van der Waals surface area contributed by atoms with Gasteiger partial charge < -0.3 is 10.2 Å². The number of aromatic nitrogens is 1. The van der Waals surface area contributed by atoms with E-state index < -0.39 is 0 Å². The van der Waals surface area contributed by atoms with E-state index in [0.717, 1.165) is 25.5 Å². The van der Waals surface area contributed by atoms with Gasteiger partial charge in [0.1, 0.15) is 0 Å². The molecule has 0 unspecified atom stereocenters. The maximum absolute atomic E-state index is 4.42. The van der Waals surface area contributed by atoms with Crippen LogP contribution in [-0.4, -0.2) is 41.5 Å². The Labute approximate surface area is 122 Å². The van der Waals surface area contributed by atoms with Crippen LogP contribution in [-0.2, 0) is 6.42 Å². The lowest BCUT2D eigenvalue weighted by Gasteiger charge is -2.62. The van der Waals surface area contributed by atoms with Crippen LogP contribution in [0.15, 0.2) is 29.5 Å². The minimum absolute atomic E-state index is 0.142. The van der Waals surface area contributed by atoms with Gasteiger partial charge in [0.25, 0.3) is 0 Å². The molecule has 0 amide bonds. The van der Waals surface area contributed by atoms with E-state index in [4.69, 9.17) is 0 Å². The SMILES string of the molecule is CN=C(NCCc1cccnc1)N1CC(C)(C)C1(C)C. The minimum Gasteiger partial charge on any atom is -0.356 e. The maximum atomic E-state index is 4.42. The highest BCUT2D eigenvalue weighted by molar-refractivity contribution is 5.82. The van der Waals surface area contributed by atoms with Crippen LogP contribution >= 0.6 is 0 Å². The molecule has 1 aromatic heterocycles. The molecule has 0 spiro atoms. The molecule has 1 N–H and O–H groups in total. The van der Waals surface area contributed by atoms with Gasteiger partial charge in [0.15, 0.2) is 5.96 Å². The molecule has 4 nitrogen and oxygen atoms in total. The Balaban J connectivity index is 1.89. The standard InChI is InChI=1S/C16H26N4/c1-15(2)12-20(16(15,3)4)14(17-5)19-10-8-13-7-6-9-18-11-13/h6-7,9,11H,8,10,12H2,1-5H3,(H,17,19). The lowest BCUT2D eigenvalue weighted by molar-refractivity contribution is -0.0666. The predicted octanol–water partition coefficient (Wildman–Crippen LogP) is 2.32. The summed E-state index contributed by atoms with van der Waals surface area (Å²) in [6, 6.07) is 4.08. The van der Waals surface area contributed by atoms with E-state index in [1.807, 2.05) is 19.3 Å². The highest BCUT2D eigenvalue weighted by Gasteiger charge is 2.53. The third-order valence-corrected chi connectivity index (χ3v) is 4.77. The summed E-state index contributed by atoms with van der Waals surface area (Å²) in [5.41, 5.74) is 1.72. The van der Waals surface area contributed by atoms with Crippen molar-refractivity contribution in [3.63, 3.8) is 0 Å². The van der Waals surface area contributed by atoms with Crippen LogP contribution in [0.4, 0.5) is 0 Å². The molecule has 1 aliphatic rings. The first-order valence-electron chi connectivity index (χ1n) is 7.26. The molecule has 0 radical (unpaired) electrons. The summed E-state index contributed by atoms with van der Waals surface area (Å²) >= 11 is 0. The predicted molar refractivity (Wildman–Crippen MR) is 83.9 cm³/mol. The van der Waals surface area contributed by atoms with E-state index in [2.05, 4.69) is 54.0 Å². The third-order valence-electron chi connectivity index (χ3n) is 4.77. The Morgan fingerprint density at radius 1 is 1.40 bits per heavy atom. The van der Waals surface area contributed by atoms with Crippen molar-refractivity contribution in [2.45, 2.75) is 39.7 Å². The van der Waals surface area contributed by atoms with Gasteiger partial charge in [0.2, 0.25) is 0 Å². The first kappa shape index (κ1) is 14.8. The highest BCUT2D eigenvalue weighted by atomic mass is 15.4. The molecule has 110 valence electrons. The smallest absolute Gasteiger partial charge is 0.194 e. The number of nitrogens with one attached hydrogen (secondary N) is 1. The van der Waals surface area contributed by atoms with Crippen molar-refractivity contribution in [1.29, 1.82) is 0 Å². The summed E-state index contributed by atoms with van der Waals surface area (Å²) in [5, 5.41) is 3.46. The number of likely N-dealkylation sites (tertiary alicyclic amines) is 1. The van der Waals surface area contributed by atoms with Gasteiger partial charge in [-0.25, -0.2) is 0 Å². The van der Waals surface area contributed by atoms with E-state index in [1.54, 1.807) is 6.20 Å². The second-order valence-electron chi connectivity index (χ2n) is 6.61. The van der Waals surface area contributed by atoms with Gasteiger partial charge >= 0.3 is 0 Å². The Morgan fingerprint density at radius 3 is 2.65 bits per heavy atom. The third kappa shape index (κ3) is 2.65.